The van der Waals surface area contributed by atoms with E-state index in [2.05, 4.69) is 5.32 Å². The van der Waals surface area contributed by atoms with E-state index in [0.29, 0.717) is 31.6 Å². The van der Waals surface area contributed by atoms with Gasteiger partial charge < -0.3 is 19.7 Å². The summed E-state index contributed by atoms with van der Waals surface area (Å²) in [4.78, 5) is 39.2. The molecule has 134 valence electrons. The van der Waals surface area contributed by atoms with Crippen LogP contribution in [0.15, 0.2) is 30.3 Å². The maximum Gasteiger partial charge on any atom is 0.328 e. The predicted octanol–water partition coefficient (Wildman–Crippen LogP) is 0.739. The summed E-state index contributed by atoms with van der Waals surface area (Å²) < 4.78 is 10.2. The van der Waals surface area contributed by atoms with E-state index in [1.54, 1.807) is 24.3 Å². The third-order valence-electron chi connectivity index (χ3n) is 4.81. The second-order valence-electron chi connectivity index (χ2n) is 6.38. The number of carbonyl (C=O) groups is 3. The molecule has 0 bridgehead atoms. The smallest absolute Gasteiger partial charge is 0.328 e. The predicted molar refractivity (Wildman–Crippen MR) is 88.8 cm³/mol. The molecule has 0 aliphatic carbocycles. The summed E-state index contributed by atoms with van der Waals surface area (Å²) >= 11 is 0. The van der Waals surface area contributed by atoms with Crippen LogP contribution in [0.3, 0.4) is 0 Å². The van der Waals surface area contributed by atoms with Crippen molar-refractivity contribution in [1.29, 1.82) is 0 Å². The first kappa shape index (κ1) is 17.4. The fraction of sp³-hybridized carbons (Fsp3) is 0.500. The minimum Gasteiger partial charge on any atom is -0.467 e. The van der Waals surface area contributed by atoms with E-state index in [1.165, 1.54) is 12.0 Å². The Kier molecular flexibility index (Phi) is 5.03. The fourth-order valence-corrected chi connectivity index (χ4v) is 3.43. The number of methoxy groups -OCH3 is 1. The molecule has 0 saturated carbocycles. The van der Waals surface area contributed by atoms with Crippen LogP contribution in [-0.2, 0) is 19.1 Å². The molecule has 2 saturated heterocycles. The van der Waals surface area contributed by atoms with Crippen LogP contribution < -0.4 is 5.32 Å². The standard InChI is InChI=1S/C18H22N2O5/c1-24-16(22)14-8-5-10-20(14)17(23)18(9-11-25-12-18)19-15(21)13-6-3-2-4-7-13/h2-4,6-7,14H,5,8-12H2,1H3,(H,19,21). The zero-order valence-corrected chi connectivity index (χ0v) is 14.2. The van der Waals surface area contributed by atoms with Crippen LogP contribution >= 0.6 is 0 Å². The molecular formula is C18H22N2O5. The highest BCUT2D eigenvalue weighted by Crippen LogP contribution is 2.28. The maximum atomic E-state index is 13.2. The van der Waals surface area contributed by atoms with E-state index in [9.17, 15) is 14.4 Å². The molecule has 0 spiro atoms. The van der Waals surface area contributed by atoms with Gasteiger partial charge in [0.2, 0.25) is 0 Å². The number of hydrogen-bond donors (Lipinski definition) is 1. The highest BCUT2D eigenvalue weighted by molar-refractivity contribution is 6.00. The molecule has 2 fully saturated rings. The van der Waals surface area contributed by atoms with Crippen LogP contribution in [0.1, 0.15) is 29.6 Å². The molecule has 0 aromatic heterocycles. The molecule has 25 heavy (non-hydrogen) atoms. The van der Waals surface area contributed by atoms with Crippen LogP contribution in [0.2, 0.25) is 0 Å². The third kappa shape index (κ3) is 3.37. The lowest BCUT2D eigenvalue weighted by Crippen LogP contribution is -2.61. The highest BCUT2D eigenvalue weighted by Gasteiger charge is 2.49. The van der Waals surface area contributed by atoms with E-state index in [1.807, 2.05) is 6.07 Å². The Morgan fingerprint density at radius 1 is 1.28 bits per heavy atom. The van der Waals surface area contributed by atoms with Gasteiger partial charge in [0, 0.05) is 25.1 Å². The Hall–Kier alpha value is -2.41. The number of ether oxygens (including phenoxy) is 2. The largest absolute Gasteiger partial charge is 0.467 e. The number of esters is 1. The molecule has 2 atom stereocenters. The van der Waals surface area contributed by atoms with Gasteiger partial charge in [-0.15, -0.1) is 0 Å². The Balaban J connectivity index is 1.81. The van der Waals surface area contributed by atoms with Crippen molar-refractivity contribution in [1.82, 2.24) is 10.2 Å². The lowest BCUT2D eigenvalue weighted by atomic mass is 9.95. The Morgan fingerprint density at radius 2 is 2.04 bits per heavy atom. The first-order chi connectivity index (χ1) is 12.1. The van der Waals surface area contributed by atoms with Crippen LogP contribution in [0, 0.1) is 0 Å². The van der Waals surface area contributed by atoms with Gasteiger partial charge in [0.15, 0.2) is 0 Å². The van der Waals surface area contributed by atoms with Gasteiger partial charge in [-0.05, 0) is 25.0 Å². The number of likely N-dealkylation sites (tertiary alicyclic amines) is 1. The molecule has 7 nitrogen and oxygen atoms in total. The van der Waals surface area contributed by atoms with Crippen LogP contribution in [0.25, 0.3) is 0 Å². The number of rotatable bonds is 4. The molecule has 2 aliphatic heterocycles. The summed E-state index contributed by atoms with van der Waals surface area (Å²) in [6, 6.07) is 8.14. The number of benzene rings is 1. The highest BCUT2D eigenvalue weighted by atomic mass is 16.5. The second-order valence-corrected chi connectivity index (χ2v) is 6.38. The maximum absolute atomic E-state index is 13.2. The summed E-state index contributed by atoms with van der Waals surface area (Å²) in [5.41, 5.74) is -0.656. The fourth-order valence-electron chi connectivity index (χ4n) is 3.43. The molecular weight excluding hydrogens is 324 g/mol. The number of carbonyl (C=O) groups excluding carboxylic acids is 3. The van der Waals surface area contributed by atoms with Gasteiger partial charge in [-0.25, -0.2) is 4.79 Å². The number of nitrogens with zero attached hydrogens (tertiary/aromatic N) is 1. The Morgan fingerprint density at radius 3 is 2.68 bits per heavy atom. The molecule has 2 amide bonds. The van der Waals surface area contributed by atoms with Crippen molar-refractivity contribution >= 4 is 17.8 Å². The summed E-state index contributed by atoms with van der Waals surface area (Å²) in [6.45, 7) is 0.966. The first-order valence-corrected chi connectivity index (χ1v) is 8.41. The third-order valence-corrected chi connectivity index (χ3v) is 4.81. The lowest BCUT2D eigenvalue weighted by Gasteiger charge is -2.34. The molecule has 2 aliphatic rings. The summed E-state index contributed by atoms with van der Waals surface area (Å²) in [5.74, 6) is -1.02. The monoisotopic (exact) mass is 346 g/mol. The minimum atomic E-state index is -1.14. The average molecular weight is 346 g/mol. The molecule has 3 rings (SSSR count). The van der Waals surface area contributed by atoms with E-state index in [0.717, 1.165) is 6.42 Å². The van der Waals surface area contributed by atoms with E-state index < -0.39 is 17.6 Å². The normalized spacial score (nSPS) is 25.6. The van der Waals surface area contributed by atoms with Gasteiger partial charge in [0.05, 0.1) is 13.7 Å². The number of nitrogens with one attached hydrogen (secondary N) is 1. The van der Waals surface area contributed by atoms with E-state index in [-0.39, 0.29) is 18.4 Å². The zero-order valence-electron chi connectivity index (χ0n) is 14.2. The van der Waals surface area contributed by atoms with Crippen molar-refractivity contribution in [3.05, 3.63) is 35.9 Å². The van der Waals surface area contributed by atoms with Gasteiger partial charge in [-0.3, -0.25) is 9.59 Å². The van der Waals surface area contributed by atoms with Crippen LogP contribution in [0.5, 0.6) is 0 Å². The summed E-state index contributed by atoms with van der Waals surface area (Å²) in [6.07, 6.45) is 1.69. The second kappa shape index (κ2) is 7.23. The van der Waals surface area contributed by atoms with Crippen molar-refractivity contribution in [2.75, 3.05) is 26.9 Å². The van der Waals surface area contributed by atoms with Gasteiger partial charge in [0.1, 0.15) is 11.6 Å². The van der Waals surface area contributed by atoms with Crippen molar-refractivity contribution in [2.45, 2.75) is 30.8 Å². The lowest BCUT2D eigenvalue weighted by molar-refractivity contribution is -0.153. The molecule has 1 aromatic rings. The van der Waals surface area contributed by atoms with Crippen LogP contribution in [0.4, 0.5) is 0 Å². The summed E-state index contributed by atoms with van der Waals surface area (Å²) in [5, 5.41) is 2.86. The van der Waals surface area contributed by atoms with Crippen molar-refractivity contribution in [3.8, 4) is 0 Å². The van der Waals surface area contributed by atoms with Gasteiger partial charge in [-0.1, -0.05) is 18.2 Å². The van der Waals surface area contributed by atoms with Gasteiger partial charge in [-0.2, -0.15) is 0 Å². The molecule has 2 unspecified atom stereocenters. The first-order valence-electron chi connectivity index (χ1n) is 8.41. The minimum absolute atomic E-state index is 0.106. The molecule has 7 heteroatoms. The van der Waals surface area contributed by atoms with Crippen LogP contribution in [-0.4, -0.2) is 61.1 Å². The summed E-state index contributed by atoms with van der Waals surface area (Å²) in [7, 11) is 1.31. The van der Waals surface area contributed by atoms with Gasteiger partial charge >= 0.3 is 5.97 Å². The number of hydrogen-bond acceptors (Lipinski definition) is 5. The topological polar surface area (TPSA) is 84.9 Å². The molecule has 1 N–H and O–H groups in total. The zero-order chi connectivity index (χ0) is 17.9. The molecule has 2 heterocycles. The van der Waals surface area contributed by atoms with E-state index in [4.69, 9.17) is 9.47 Å². The van der Waals surface area contributed by atoms with Gasteiger partial charge in [0.25, 0.3) is 11.8 Å². The number of amides is 2. The molecule has 0 radical (unpaired) electrons. The quantitative estimate of drug-likeness (QED) is 0.813. The Labute approximate surface area is 146 Å². The average Bonchev–Trinajstić information content (AvgIpc) is 3.31. The van der Waals surface area contributed by atoms with E-state index >= 15 is 0 Å². The van der Waals surface area contributed by atoms with Crippen molar-refractivity contribution < 1.29 is 23.9 Å². The molecule has 1 aromatic carbocycles. The van der Waals surface area contributed by atoms with Crippen molar-refractivity contribution in [3.63, 3.8) is 0 Å². The SMILES string of the molecule is COC(=O)C1CCCN1C(=O)C1(NC(=O)c2ccccc2)CCOC1. The van der Waals surface area contributed by atoms with Crippen molar-refractivity contribution in [2.24, 2.45) is 0 Å². The Bertz CT molecular complexity index is 655.